The number of anilines is 1. The molecule has 2 amide bonds. The molecule has 0 radical (unpaired) electrons. The van der Waals surface area contributed by atoms with Crippen LogP contribution in [0, 0.1) is 17.6 Å². The predicted molar refractivity (Wildman–Crippen MR) is 185 cm³/mol. The highest BCUT2D eigenvalue weighted by molar-refractivity contribution is 7.11. The van der Waals surface area contributed by atoms with Gasteiger partial charge in [-0.15, -0.1) is 11.3 Å². The molecule has 3 aromatic rings. The Labute approximate surface area is 301 Å². The number of ether oxygens (including phenoxy) is 2. The van der Waals surface area contributed by atoms with Gasteiger partial charge in [-0.2, -0.15) is 0 Å². The molecular weight excluding hydrogens is 706 g/mol. The molecule has 0 unspecified atom stereocenters. The zero-order valence-electron chi connectivity index (χ0n) is 27.6. The summed E-state index contributed by atoms with van der Waals surface area (Å²) in [4.78, 5) is 52.6. The number of rotatable bonds is 9. The van der Waals surface area contributed by atoms with Gasteiger partial charge in [0.2, 0.25) is 0 Å². The number of urea groups is 1. The van der Waals surface area contributed by atoms with Crippen LogP contribution < -0.4 is 15.0 Å². The fourth-order valence-electron chi connectivity index (χ4n) is 7.21. The number of esters is 1. The molecule has 3 aliphatic heterocycles. The lowest BCUT2D eigenvalue weighted by atomic mass is 9.87. The van der Waals surface area contributed by atoms with Crippen molar-refractivity contribution in [1.29, 1.82) is 0 Å². The minimum Gasteiger partial charge on any atom is -0.490 e. The molecule has 2 aromatic carbocycles. The number of aliphatic imine (C=N–C) groups is 1. The van der Waals surface area contributed by atoms with Crippen LogP contribution in [0.3, 0.4) is 0 Å². The van der Waals surface area contributed by atoms with Crippen molar-refractivity contribution in [3.63, 3.8) is 0 Å². The number of thiazole rings is 1. The van der Waals surface area contributed by atoms with E-state index in [1.54, 1.807) is 28.6 Å². The first kappa shape index (κ1) is 34.8. The Morgan fingerprint density at radius 3 is 2.59 bits per heavy atom. The highest BCUT2D eigenvalue weighted by atomic mass is 35.5. The molecular formula is C35H35ClF2N6O6S. The van der Waals surface area contributed by atoms with Gasteiger partial charge < -0.3 is 24.8 Å². The van der Waals surface area contributed by atoms with E-state index < -0.39 is 29.6 Å². The Balaban J connectivity index is 1.08. The molecule has 2 saturated heterocycles. The van der Waals surface area contributed by atoms with Gasteiger partial charge >= 0.3 is 18.0 Å². The van der Waals surface area contributed by atoms with E-state index >= 15 is 4.39 Å². The third-order valence-corrected chi connectivity index (χ3v) is 10.9. The minimum absolute atomic E-state index is 0.109. The summed E-state index contributed by atoms with van der Waals surface area (Å²) >= 11 is 7.85. The van der Waals surface area contributed by atoms with Gasteiger partial charge in [-0.1, -0.05) is 17.7 Å². The highest BCUT2D eigenvalue weighted by Gasteiger charge is 2.43. The Kier molecular flexibility index (Phi) is 9.94. The zero-order valence-corrected chi connectivity index (χ0v) is 29.1. The molecule has 1 saturated carbocycles. The molecule has 51 heavy (non-hydrogen) atoms. The number of carboxylic acid groups (broad SMARTS) is 1. The van der Waals surface area contributed by atoms with E-state index in [9.17, 15) is 23.9 Å². The number of nitrogens with zero attached hydrogens (tertiary/aromatic N) is 5. The number of fused-ring (bicyclic) bond motifs is 1. The predicted octanol–water partition coefficient (Wildman–Crippen LogP) is 5.24. The van der Waals surface area contributed by atoms with E-state index in [4.69, 9.17) is 26.1 Å². The van der Waals surface area contributed by atoms with Crippen molar-refractivity contribution in [2.75, 3.05) is 44.7 Å². The first-order valence-electron chi connectivity index (χ1n) is 16.6. The molecule has 2 atom stereocenters. The first-order valence-corrected chi connectivity index (χ1v) is 17.9. The SMILES string of the molecule is COC(=O)C1=C(CN2CCN3C(=O)N(c4ccc(OC5CCC(C(=O)O)CC5)cc4F)C[C@@H]3C2)NC(c2nccs2)=N[C@H]1c1ccc(F)cc1Cl. The molecule has 12 nitrogen and oxygen atoms in total. The summed E-state index contributed by atoms with van der Waals surface area (Å²) in [5.41, 5.74) is 1.31. The number of hydrogen-bond donors (Lipinski definition) is 2. The van der Waals surface area contributed by atoms with E-state index in [1.807, 2.05) is 0 Å². The number of piperazine rings is 1. The third-order valence-electron chi connectivity index (χ3n) is 9.78. The first-order chi connectivity index (χ1) is 24.6. The lowest BCUT2D eigenvalue weighted by Crippen LogP contribution is -2.53. The number of benzene rings is 2. The maximum atomic E-state index is 15.5. The summed E-state index contributed by atoms with van der Waals surface area (Å²) in [5.74, 6) is -2.15. The third kappa shape index (κ3) is 7.14. The van der Waals surface area contributed by atoms with Gasteiger partial charge in [0, 0.05) is 66.7 Å². The zero-order chi connectivity index (χ0) is 35.8. The number of nitrogens with one attached hydrogen (secondary N) is 1. The highest BCUT2D eigenvalue weighted by Crippen LogP contribution is 2.38. The molecule has 0 spiro atoms. The summed E-state index contributed by atoms with van der Waals surface area (Å²) in [6.07, 6.45) is 3.62. The van der Waals surface area contributed by atoms with Gasteiger partial charge in [0.1, 0.15) is 17.6 Å². The molecule has 1 aliphatic carbocycles. The van der Waals surface area contributed by atoms with Crippen molar-refractivity contribution >= 4 is 52.4 Å². The second-order valence-electron chi connectivity index (χ2n) is 12.9. The number of carbonyl (C=O) groups excluding carboxylic acids is 2. The van der Waals surface area contributed by atoms with Crippen molar-refractivity contribution in [3.8, 4) is 5.75 Å². The molecule has 1 aromatic heterocycles. The molecule has 2 N–H and O–H groups in total. The normalized spacial score (nSPS) is 23.8. The Morgan fingerprint density at radius 2 is 1.90 bits per heavy atom. The van der Waals surface area contributed by atoms with Crippen LogP contribution in [0.4, 0.5) is 19.3 Å². The van der Waals surface area contributed by atoms with Crippen LogP contribution >= 0.6 is 22.9 Å². The fourth-order valence-corrected chi connectivity index (χ4v) is 8.07. The molecule has 0 bridgehead atoms. The molecule has 4 heterocycles. The van der Waals surface area contributed by atoms with E-state index in [0.29, 0.717) is 73.2 Å². The van der Waals surface area contributed by atoms with Crippen LogP contribution in [-0.2, 0) is 14.3 Å². The Bertz CT molecular complexity index is 1900. The summed E-state index contributed by atoms with van der Waals surface area (Å²) in [5, 5.41) is 15.0. The van der Waals surface area contributed by atoms with E-state index in [0.717, 1.165) is 0 Å². The maximum absolute atomic E-state index is 15.5. The number of carbonyl (C=O) groups is 3. The molecule has 4 aliphatic rings. The number of amidine groups is 1. The summed E-state index contributed by atoms with van der Waals surface area (Å²) < 4.78 is 40.7. The fraction of sp³-hybridized carbons (Fsp3) is 0.400. The number of aliphatic carboxylic acids is 1. The van der Waals surface area contributed by atoms with Gasteiger partial charge in [0.15, 0.2) is 16.7 Å². The largest absolute Gasteiger partial charge is 0.490 e. The second-order valence-corrected chi connectivity index (χ2v) is 14.2. The number of amides is 2. The second kappa shape index (κ2) is 14.6. The van der Waals surface area contributed by atoms with Crippen molar-refractivity contribution in [2.24, 2.45) is 10.9 Å². The van der Waals surface area contributed by atoms with E-state index in [-0.39, 0.29) is 53.5 Å². The Morgan fingerprint density at radius 1 is 1.10 bits per heavy atom. The van der Waals surface area contributed by atoms with Crippen molar-refractivity contribution in [1.82, 2.24) is 20.1 Å². The number of halogens is 3. The molecule has 7 rings (SSSR count). The number of hydrogen-bond acceptors (Lipinski definition) is 10. The van der Waals surface area contributed by atoms with Crippen LogP contribution in [-0.4, -0.2) is 95.7 Å². The monoisotopic (exact) mass is 740 g/mol. The smallest absolute Gasteiger partial charge is 0.338 e. The lowest BCUT2D eigenvalue weighted by Gasteiger charge is -2.38. The summed E-state index contributed by atoms with van der Waals surface area (Å²) in [6, 6.07) is 6.93. The molecule has 16 heteroatoms. The van der Waals surface area contributed by atoms with E-state index in [1.165, 1.54) is 47.6 Å². The summed E-state index contributed by atoms with van der Waals surface area (Å²) in [7, 11) is 1.28. The number of methoxy groups -OCH3 is 1. The van der Waals surface area contributed by atoms with Crippen LogP contribution in [0.25, 0.3) is 0 Å². The number of aromatic nitrogens is 1. The van der Waals surface area contributed by atoms with Crippen molar-refractivity contribution in [3.05, 3.63) is 86.5 Å². The Hall–Kier alpha value is -4.60. The minimum atomic E-state index is -0.903. The average Bonchev–Trinajstić information content (AvgIpc) is 3.76. The van der Waals surface area contributed by atoms with Gasteiger partial charge in [-0.05, 0) is 49.9 Å². The topological polar surface area (TPSA) is 137 Å². The average molecular weight is 741 g/mol. The van der Waals surface area contributed by atoms with Crippen LogP contribution in [0.15, 0.2) is 64.2 Å². The van der Waals surface area contributed by atoms with Crippen LogP contribution in [0.2, 0.25) is 5.02 Å². The van der Waals surface area contributed by atoms with E-state index in [2.05, 4.69) is 15.2 Å². The van der Waals surface area contributed by atoms with Gasteiger partial charge in [-0.25, -0.2) is 23.4 Å². The lowest BCUT2D eigenvalue weighted by molar-refractivity contribution is -0.143. The molecule has 268 valence electrons. The van der Waals surface area contributed by atoms with Crippen molar-refractivity contribution in [2.45, 2.75) is 43.9 Å². The van der Waals surface area contributed by atoms with Gasteiger partial charge in [0.05, 0.1) is 36.4 Å². The quantitative estimate of drug-likeness (QED) is 0.282. The van der Waals surface area contributed by atoms with Crippen molar-refractivity contribution < 1.29 is 37.7 Å². The van der Waals surface area contributed by atoms with Gasteiger partial charge in [0.25, 0.3) is 0 Å². The standard InChI is InChI=1S/C35H35ClF2N6O6S/c1-49-34(47)29-27(40-31(32-39-10-13-51-32)41-30(29)24-8-4-20(37)14-25(24)36)18-42-11-12-43-21(16-42)17-44(35(43)48)28-9-7-23(15-26(28)38)50-22-5-2-19(3-6-22)33(45)46/h4,7-10,13-15,19,21-22,30H,2-3,5-6,11-12,16-18H2,1H3,(H,40,41)(H,45,46)/t19?,21-,22?,30-/m0/s1. The van der Waals surface area contributed by atoms with Gasteiger partial charge in [-0.3, -0.25) is 19.6 Å². The van der Waals surface area contributed by atoms with Crippen LogP contribution in [0.5, 0.6) is 5.75 Å². The summed E-state index contributed by atoms with van der Waals surface area (Å²) in [6.45, 7) is 1.80. The van der Waals surface area contributed by atoms with Crippen LogP contribution in [0.1, 0.15) is 42.3 Å². The molecule has 3 fully saturated rings. The maximum Gasteiger partial charge on any atom is 0.338 e. The number of carboxylic acids is 1.